The van der Waals surface area contributed by atoms with E-state index in [1.165, 1.54) is 6.08 Å². The lowest BCUT2D eigenvalue weighted by Gasteiger charge is -2.07. The Balaban J connectivity index is -0.000000772. The Labute approximate surface area is 257 Å². The Morgan fingerprint density at radius 2 is 1.28 bits per heavy atom. The minimum absolute atomic E-state index is 0.212. The lowest BCUT2D eigenvalue weighted by Crippen LogP contribution is -2.26. The van der Waals surface area contributed by atoms with E-state index in [4.69, 9.17) is 42.5 Å². The van der Waals surface area contributed by atoms with Gasteiger partial charge in [-0.05, 0) is 62.4 Å². The van der Waals surface area contributed by atoms with E-state index in [1.807, 2.05) is 0 Å². The number of aliphatic hydroxyl groups excluding tert-OH is 1. The number of aliphatic hydroxyl groups is 1. The average Bonchev–Trinajstić information content (AvgIpc) is 3.00. The number of ether oxygens (including phenoxy) is 3. The van der Waals surface area contributed by atoms with Crippen LogP contribution in [0.2, 0.25) is 0 Å². The zero-order chi connectivity index (χ0) is 32.5. The first kappa shape index (κ1) is 43.5. The van der Waals surface area contributed by atoms with E-state index in [9.17, 15) is 14.4 Å². The maximum Gasteiger partial charge on any atom is 0.407 e. The average molecular weight is 633 g/mol. The maximum absolute atomic E-state index is 11.3. The lowest BCUT2D eigenvalue weighted by molar-refractivity contribution is 0.144. The topological polar surface area (TPSA) is 257 Å². The van der Waals surface area contributed by atoms with Crippen molar-refractivity contribution in [1.82, 2.24) is 10.6 Å². The second-order valence-corrected chi connectivity index (χ2v) is 8.63. The number of nitriles is 1. The first-order valence-corrected chi connectivity index (χ1v) is 14.6. The van der Waals surface area contributed by atoms with Crippen molar-refractivity contribution >= 4 is 29.9 Å². The SMILES string of the molecule is N#COCCCCCCN=C=O.OCCCCl.[N-]=[N+]=NCCCOC(=O)NCCCCCCNC(=O)OCCCN=[N+]=[N-]. The predicted octanol–water partition coefficient (Wildman–Crippen LogP) is 5.39. The molecule has 0 rings (SSSR count). The van der Waals surface area contributed by atoms with Crippen molar-refractivity contribution in [3.63, 3.8) is 0 Å². The number of halogens is 1. The highest BCUT2D eigenvalue weighted by Crippen LogP contribution is 2.00. The van der Waals surface area contributed by atoms with Crippen LogP contribution in [-0.4, -0.2) is 88.4 Å². The standard InChI is InChI=1S/C14H26N8O4.C8H12N2O2.C3H7ClO/c15-21-19-9-5-11-25-13(23)17-7-3-1-2-4-8-18-14(24)26-12-6-10-20-22-16;9-7-12-6-4-2-1-3-5-10-8-11;4-2-1-3-5/h1-12H2,(H,17,23)(H,18,24);1-6H2;5H,1-3H2. The van der Waals surface area contributed by atoms with Crippen LogP contribution in [0, 0.1) is 11.5 Å². The molecule has 0 aliphatic heterocycles. The molecule has 0 heterocycles. The molecule has 0 radical (unpaired) electrons. The van der Waals surface area contributed by atoms with Gasteiger partial charge >= 0.3 is 12.2 Å². The Hall–Kier alpha value is -3.92. The molecule has 0 aliphatic rings. The summed E-state index contributed by atoms with van der Waals surface area (Å²) in [5.41, 5.74) is 16.2. The van der Waals surface area contributed by atoms with Crippen molar-refractivity contribution in [3.05, 3.63) is 20.9 Å². The molecule has 3 N–H and O–H groups in total. The van der Waals surface area contributed by atoms with E-state index in [2.05, 4.69) is 40.4 Å². The molecule has 0 aromatic heterocycles. The van der Waals surface area contributed by atoms with Gasteiger partial charge in [-0.1, -0.05) is 29.5 Å². The summed E-state index contributed by atoms with van der Waals surface area (Å²) in [5.74, 6) is 0.566. The maximum atomic E-state index is 11.3. The number of nitrogens with zero attached hydrogens (tertiary/aromatic N) is 8. The lowest BCUT2D eigenvalue weighted by atomic mass is 10.2. The van der Waals surface area contributed by atoms with Crippen LogP contribution in [0.4, 0.5) is 9.59 Å². The third-order valence-electron chi connectivity index (χ3n) is 4.73. The minimum atomic E-state index is -0.476. The van der Waals surface area contributed by atoms with Gasteiger partial charge in [0.1, 0.15) is 6.61 Å². The summed E-state index contributed by atoms with van der Waals surface area (Å²) in [6.45, 7) is 3.36. The van der Waals surface area contributed by atoms with Gasteiger partial charge in [0.2, 0.25) is 6.08 Å². The number of alkyl carbamates (subject to hydrolysis) is 2. The number of alkyl halides is 1. The summed E-state index contributed by atoms with van der Waals surface area (Å²) in [4.78, 5) is 40.9. The van der Waals surface area contributed by atoms with E-state index in [0.29, 0.717) is 64.5 Å². The molecule has 0 spiro atoms. The number of isocyanates is 1. The van der Waals surface area contributed by atoms with Gasteiger partial charge in [0.05, 0.1) is 19.8 Å². The molecular formula is C25H45ClN10O7. The highest BCUT2D eigenvalue weighted by atomic mass is 35.5. The number of carbonyl (C=O) groups is 2. The van der Waals surface area contributed by atoms with Gasteiger partial charge in [0, 0.05) is 48.5 Å². The van der Waals surface area contributed by atoms with Crippen molar-refractivity contribution in [1.29, 1.82) is 5.26 Å². The molecule has 0 fully saturated rings. The highest BCUT2D eigenvalue weighted by Gasteiger charge is 2.02. The fourth-order valence-corrected chi connectivity index (χ4v) is 2.77. The molecule has 0 atom stereocenters. The van der Waals surface area contributed by atoms with Crippen molar-refractivity contribution in [2.45, 2.75) is 70.6 Å². The molecule has 17 nitrogen and oxygen atoms in total. The van der Waals surface area contributed by atoms with E-state index < -0.39 is 12.2 Å². The Kier molecular flexibility index (Phi) is 43.1. The number of rotatable bonds is 24. The summed E-state index contributed by atoms with van der Waals surface area (Å²) in [5, 5.41) is 27.9. The van der Waals surface area contributed by atoms with Crippen molar-refractivity contribution < 1.29 is 33.7 Å². The van der Waals surface area contributed by atoms with E-state index in [0.717, 1.165) is 51.4 Å². The number of unbranched alkanes of at least 4 members (excludes halogenated alkanes) is 6. The van der Waals surface area contributed by atoms with Crippen molar-refractivity contribution in [2.24, 2.45) is 15.2 Å². The monoisotopic (exact) mass is 632 g/mol. The van der Waals surface area contributed by atoms with E-state index >= 15 is 0 Å². The Morgan fingerprint density at radius 1 is 0.767 bits per heavy atom. The molecule has 0 unspecified atom stereocenters. The Morgan fingerprint density at radius 3 is 1.70 bits per heavy atom. The molecule has 244 valence electrons. The van der Waals surface area contributed by atoms with Crippen LogP contribution in [0.3, 0.4) is 0 Å². The number of hydrogen-bond acceptors (Lipinski definition) is 11. The number of hydrogen-bond donors (Lipinski definition) is 3. The van der Waals surface area contributed by atoms with Crippen LogP contribution >= 0.6 is 11.6 Å². The van der Waals surface area contributed by atoms with E-state index in [-0.39, 0.29) is 19.8 Å². The van der Waals surface area contributed by atoms with Gasteiger partial charge < -0.3 is 30.0 Å². The smallest absolute Gasteiger partial charge is 0.407 e. The van der Waals surface area contributed by atoms with Crippen molar-refractivity contribution in [2.75, 3.05) is 65.0 Å². The van der Waals surface area contributed by atoms with Gasteiger partial charge in [-0.15, -0.1) is 11.6 Å². The number of amides is 2. The number of carbonyl (C=O) groups excluding carboxylic acids is 3. The van der Waals surface area contributed by atoms with Crippen LogP contribution < -0.4 is 10.6 Å². The molecule has 2 amide bonds. The zero-order valence-corrected chi connectivity index (χ0v) is 25.5. The minimum Gasteiger partial charge on any atom is -0.450 e. The first-order valence-electron chi connectivity index (χ1n) is 14.1. The van der Waals surface area contributed by atoms with Gasteiger partial charge in [0.15, 0.2) is 0 Å². The third kappa shape index (κ3) is 48.2. The summed E-state index contributed by atoms with van der Waals surface area (Å²) < 4.78 is 14.3. The fourth-order valence-electron chi connectivity index (χ4n) is 2.65. The van der Waals surface area contributed by atoms with Gasteiger partial charge in [-0.2, -0.15) is 5.26 Å². The zero-order valence-electron chi connectivity index (χ0n) is 24.7. The third-order valence-corrected chi connectivity index (χ3v) is 4.99. The second-order valence-electron chi connectivity index (χ2n) is 8.25. The second kappa shape index (κ2) is 42.5. The van der Waals surface area contributed by atoms with E-state index in [1.54, 1.807) is 6.26 Å². The molecule has 0 saturated carbocycles. The van der Waals surface area contributed by atoms with Crippen LogP contribution in [0.5, 0.6) is 0 Å². The highest BCUT2D eigenvalue weighted by molar-refractivity contribution is 6.17. The van der Waals surface area contributed by atoms with Gasteiger partial charge in [-0.3, -0.25) is 0 Å². The Bertz CT molecular complexity index is 799. The molecule has 0 aromatic rings. The normalized spacial score (nSPS) is 8.95. The summed E-state index contributed by atoms with van der Waals surface area (Å²) in [6, 6.07) is 0. The molecule has 0 bridgehead atoms. The summed E-state index contributed by atoms with van der Waals surface area (Å²) in [7, 11) is 0. The first-order chi connectivity index (χ1) is 21.0. The van der Waals surface area contributed by atoms with Crippen LogP contribution in [0.15, 0.2) is 15.2 Å². The number of azide groups is 2. The quantitative estimate of drug-likeness (QED) is 0.0181. The van der Waals surface area contributed by atoms with Crippen LogP contribution in [-0.2, 0) is 19.0 Å². The summed E-state index contributed by atoms with van der Waals surface area (Å²) >= 11 is 5.14. The molecule has 0 aromatic carbocycles. The van der Waals surface area contributed by atoms with Crippen LogP contribution in [0.1, 0.15) is 70.6 Å². The van der Waals surface area contributed by atoms with Gasteiger partial charge in [0.25, 0.3) is 6.26 Å². The number of nitrogens with one attached hydrogen (secondary N) is 2. The summed E-state index contributed by atoms with van der Waals surface area (Å²) in [6.07, 6.45) is 11.1. The molecule has 18 heteroatoms. The largest absolute Gasteiger partial charge is 0.450 e. The molecule has 0 aliphatic carbocycles. The number of aliphatic imine (C=N–C) groups is 1. The van der Waals surface area contributed by atoms with Gasteiger partial charge in [-0.25, -0.2) is 19.4 Å². The molecular weight excluding hydrogens is 588 g/mol. The molecule has 43 heavy (non-hydrogen) atoms. The van der Waals surface area contributed by atoms with Crippen LogP contribution in [0.25, 0.3) is 20.9 Å². The predicted molar refractivity (Wildman–Crippen MR) is 160 cm³/mol. The fraction of sp³-hybridized carbons (Fsp3) is 0.840. The molecule has 0 saturated heterocycles. The van der Waals surface area contributed by atoms with Crippen molar-refractivity contribution in [3.8, 4) is 6.26 Å².